The molecule has 3 aromatic carbocycles. The number of halogens is 4. The van der Waals surface area contributed by atoms with Crippen LogP contribution in [0.5, 0.6) is 5.75 Å². The number of hydrogen-bond acceptors (Lipinski definition) is 5. The van der Waals surface area contributed by atoms with Crippen LogP contribution in [0.4, 0.5) is 11.7 Å². The average Bonchev–Trinajstić information content (AvgIpc) is 3.11. The van der Waals surface area contributed by atoms with Crippen LogP contribution in [0.15, 0.2) is 52.9 Å². The van der Waals surface area contributed by atoms with E-state index in [0.717, 1.165) is 0 Å². The van der Waals surface area contributed by atoms with E-state index in [1.54, 1.807) is 36.4 Å². The zero-order valence-electron chi connectivity index (χ0n) is 15.3. The fourth-order valence-corrected chi connectivity index (χ4v) is 3.81. The predicted molar refractivity (Wildman–Crippen MR) is 120 cm³/mol. The maximum atomic E-state index is 12.9. The van der Waals surface area contributed by atoms with Gasteiger partial charge in [-0.3, -0.25) is 4.79 Å². The Morgan fingerprint density at radius 1 is 0.900 bits per heavy atom. The van der Waals surface area contributed by atoms with Crippen LogP contribution < -0.4 is 10.1 Å². The zero-order valence-corrected chi connectivity index (χ0v) is 18.3. The number of nitrogens with zero attached hydrogens (tertiary/aromatic N) is 1. The van der Waals surface area contributed by atoms with Crippen molar-refractivity contribution in [1.29, 1.82) is 0 Å². The quantitative estimate of drug-likeness (QED) is 0.300. The highest BCUT2D eigenvalue weighted by Crippen LogP contribution is 2.35. The molecular formula is C21H12Cl4N2O3. The standard InChI is InChI=1S/C21H12Cl4N2O3/c1-29-20-15(24)6-11(7-16(20)25)19(28)10-2-5-18-17(8-10)27-21(30-18)26-12-3-4-13(22)14(23)9-12/h2-9H,1H3,(H,26,27). The van der Waals surface area contributed by atoms with E-state index >= 15 is 0 Å². The summed E-state index contributed by atoms with van der Waals surface area (Å²) in [5.74, 6) is 0.0604. The summed E-state index contributed by atoms with van der Waals surface area (Å²) in [7, 11) is 1.46. The van der Waals surface area contributed by atoms with Crippen molar-refractivity contribution in [1.82, 2.24) is 4.98 Å². The first-order chi connectivity index (χ1) is 14.4. The Balaban J connectivity index is 1.63. The molecule has 0 atom stereocenters. The normalized spacial score (nSPS) is 11.0. The first-order valence-electron chi connectivity index (χ1n) is 8.56. The van der Waals surface area contributed by atoms with Gasteiger partial charge in [0.1, 0.15) is 5.52 Å². The van der Waals surface area contributed by atoms with Gasteiger partial charge in [-0.2, -0.15) is 4.98 Å². The highest BCUT2D eigenvalue weighted by Gasteiger charge is 2.17. The van der Waals surface area contributed by atoms with Crippen molar-refractivity contribution in [3.63, 3.8) is 0 Å². The van der Waals surface area contributed by atoms with Crippen LogP contribution in [0.25, 0.3) is 11.1 Å². The zero-order chi connectivity index (χ0) is 21.4. The van der Waals surface area contributed by atoms with Gasteiger partial charge in [0, 0.05) is 16.8 Å². The van der Waals surface area contributed by atoms with Crippen LogP contribution >= 0.6 is 46.4 Å². The maximum Gasteiger partial charge on any atom is 0.300 e. The Labute approximate surface area is 191 Å². The van der Waals surface area contributed by atoms with E-state index in [2.05, 4.69) is 10.3 Å². The summed E-state index contributed by atoms with van der Waals surface area (Å²) < 4.78 is 10.8. The molecule has 0 fully saturated rings. The number of carbonyl (C=O) groups excluding carboxylic acids is 1. The fourth-order valence-electron chi connectivity index (χ4n) is 2.87. The fraction of sp³-hybridized carbons (Fsp3) is 0.0476. The second-order valence-corrected chi connectivity index (χ2v) is 7.89. The Morgan fingerprint density at radius 2 is 1.63 bits per heavy atom. The van der Waals surface area contributed by atoms with Crippen LogP contribution in [-0.4, -0.2) is 17.9 Å². The summed E-state index contributed by atoms with van der Waals surface area (Å²) in [5, 5.41) is 4.37. The molecule has 1 aromatic heterocycles. The lowest BCUT2D eigenvalue weighted by atomic mass is 10.0. The van der Waals surface area contributed by atoms with Gasteiger partial charge < -0.3 is 14.5 Å². The highest BCUT2D eigenvalue weighted by atomic mass is 35.5. The third kappa shape index (κ3) is 4.07. The predicted octanol–water partition coefficient (Wildman–Crippen LogP) is 7.42. The lowest BCUT2D eigenvalue weighted by Crippen LogP contribution is -2.02. The van der Waals surface area contributed by atoms with Gasteiger partial charge in [-0.05, 0) is 48.5 Å². The molecule has 152 valence electrons. The van der Waals surface area contributed by atoms with Crippen LogP contribution in [0.3, 0.4) is 0 Å². The van der Waals surface area contributed by atoms with Crippen LogP contribution in [0.1, 0.15) is 15.9 Å². The summed E-state index contributed by atoms with van der Waals surface area (Å²) in [6.07, 6.45) is 0. The topological polar surface area (TPSA) is 64.4 Å². The molecule has 0 radical (unpaired) electrons. The number of ketones is 1. The van der Waals surface area contributed by atoms with Gasteiger partial charge in [0.15, 0.2) is 17.1 Å². The van der Waals surface area contributed by atoms with Gasteiger partial charge in [-0.15, -0.1) is 0 Å². The first-order valence-corrected chi connectivity index (χ1v) is 10.1. The van der Waals surface area contributed by atoms with Gasteiger partial charge in [-0.25, -0.2) is 0 Å². The number of methoxy groups -OCH3 is 1. The minimum atomic E-state index is -0.259. The Morgan fingerprint density at radius 3 is 2.30 bits per heavy atom. The lowest BCUT2D eigenvalue weighted by Gasteiger charge is -2.08. The first kappa shape index (κ1) is 20.8. The molecule has 0 bridgehead atoms. The number of rotatable bonds is 5. The van der Waals surface area contributed by atoms with E-state index in [1.807, 2.05) is 0 Å². The SMILES string of the molecule is COc1c(Cl)cc(C(=O)c2ccc3oc(Nc4ccc(Cl)c(Cl)c4)nc3c2)cc1Cl. The van der Waals surface area contributed by atoms with E-state index in [-0.39, 0.29) is 21.8 Å². The van der Waals surface area contributed by atoms with E-state index in [4.69, 9.17) is 55.6 Å². The number of benzene rings is 3. The van der Waals surface area contributed by atoms with Crippen molar-refractivity contribution in [2.24, 2.45) is 0 Å². The van der Waals surface area contributed by atoms with Crippen molar-refractivity contribution < 1.29 is 13.9 Å². The Kier molecular flexibility index (Phi) is 5.80. The highest BCUT2D eigenvalue weighted by molar-refractivity contribution is 6.42. The van der Waals surface area contributed by atoms with E-state index in [1.165, 1.54) is 19.2 Å². The van der Waals surface area contributed by atoms with E-state index < -0.39 is 0 Å². The largest absolute Gasteiger partial charge is 0.494 e. The molecule has 30 heavy (non-hydrogen) atoms. The number of hydrogen-bond donors (Lipinski definition) is 1. The number of anilines is 2. The minimum absolute atomic E-state index is 0.253. The molecule has 0 unspecified atom stereocenters. The number of aromatic nitrogens is 1. The number of nitrogens with one attached hydrogen (secondary N) is 1. The molecule has 0 aliphatic carbocycles. The Bertz CT molecular complexity index is 1260. The molecule has 1 heterocycles. The molecule has 5 nitrogen and oxygen atoms in total. The van der Waals surface area contributed by atoms with Crippen molar-refractivity contribution >= 4 is 75.0 Å². The van der Waals surface area contributed by atoms with Gasteiger partial charge in [0.25, 0.3) is 6.01 Å². The molecule has 0 amide bonds. The van der Waals surface area contributed by atoms with E-state index in [9.17, 15) is 4.79 Å². The number of carbonyl (C=O) groups is 1. The summed E-state index contributed by atoms with van der Waals surface area (Å²) in [6.45, 7) is 0. The van der Waals surface area contributed by atoms with E-state index in [0.29, 0.717) is 43.7 Å². The molecular weight excluding hydrogens is 470 g/mol. The van der Waals surface area contributed by atoms with Gasteiger partial charge in [0.05, 0.1) is 27.2 Å². The van der Waals surface area contributed by atoms with Crippen molar-refractivity contribution in [2.75, 3.05) is 12.4 Å². The van der Waals surface area contributed by atoms with Gasteiger partial charge in [-0.1, -0.05) is 46.4 Å². The average molecular weight is 482 g/mol. The molecule has 4 rings (SSSR count). The third-order valence-electron chi connectivity index (χ3n) is 4.29. The number of oxazole rings is 1. The molecule has 1 N–H and O–H groups in total. The maximum absolute atomic E-state index is 12.9. The minimum Gasteiger partial charge on any atom is -0.494 e. The Hall–Kier alpha value is -2.44. The van der Waals surface area contributed by atoms with Crippen molar-refractivity contribution in [3.8, 4) is 5.75 Å². The van der Waals surface area contributed by atoms with Crippen molar-refractivity contribution in [2.45, 2.75) is 0 Å². The molecule has 9 heteroatoms. The lowest BCUT2D eigenvalue weighted by molar-refractivity contribution is 0.103. The third-order valence-corrected chi connectivity index (χ3v) is 5.59. The van der Waals surface area contributed by atoms with Gasteiger partial charge >= 0.3 is 0 Å². The molecule has 0 saturated carbocycles. The molecule has 0 aliphatic rings. The van der Waals surface area contributed by atoms with Crippen LogP contribution in [0, 0.1) is 0 Å². The summed E-state index contributed by atoms with van der Waals surface area (Å²) >= 11 is 24.2. The second-order valence-electron chi connectivity index (χ2n) is 6.26. The summed E-state index contributed by atoms with van der Waals surface area (Å²) in [4.78, 5) is 17.3. The number of ether oxygens (including phenoxy) is 1. The second kappa shape index (κ2) is 8.36. The summed E-state index contributed by atoms with van der Waals surface area (Å²) in [5.41, 5.74) is 2.43. The molecule has 0 aliphatic heterocycles. The van der Waals surface area contributed by atoms with Crippen LogP contribution in [0.2, 0.25) is 20.1 Å². The number of fused-ring (bicyclic) bond motifs is 1. The van der Waals surface area contributed by atoms with Crippen molar-refractivity contribution in [3.05, 3.63) is 79.7 Å². The summed E-state index contributed by atoms with van der Waals surface area (Å²) in [6, 6.07) is 13.3. The molecule has 0 saturated heterocycles. The van der Waals surface area contributed by atoms with Crippen LogP contribution in [-0.2, 0) is 0 Å². The monoisotopic (exact) mass is 480 g/mol. The van der Waals surface area contributed by atoms with Gasteiger partial charge in [0.2, 0.25) is 0 Å². The molecule has 0 spiro atoms. The smallest absolute Gasteiger partial charge is 0.300 e. The molecule has 4 aromatic rings.